The molecule has 0 heterocycles. The topological polar surface area (TPSA) is 118 Å². The van der Waals surface area contributed by atoms with Crippen molar-refractivity contribution in [1.82, 2.24) is 0 Å². The van der Waals surface area contributed by atoms with Gasteiger partial charge in [-0.2, -0.15) is 20.0 Å². The van der Waals surface area contributed by atoms with Crippen LogP contribution in [0.5, 0.6) is 0 Å². The lowest BCUT2D eigenvalue weighted by Crippen LogP contribution is -2.05. The maximum atomic E-state index is 11.2. The molecule has 0 aliphatic rings. The molecular formula is C25H16N4O4. The number of aliphatic imine (C=N–C) groups is 4. The normalized spacial score (nSPS) is 10.6. The third-order valence-electron chi connectivity index (χ3n) is 5.11. The summed E-state index contributed by atoms with van der Waals surface area (Å²) >= 11 is 0. The van der Waals surface area contributed by atoms with Gasteiger partial charge in [-0.25, -0.2) is 19.2 Å². The molecule has 0 aliphatic heterocycles. The van der Waals surface area contributed by atoms with Crippen LogP contribution in [0.3, 0.4) is 0 Å². The summed E-state index contributed by atoms with van der Waals surface area (Å²) in [6, 6.07) is 15.8. The molecule has 0 radical (unpaired) electrons. The van der Waals surface area contributed by atoms with Crippen molar-refractivity contribution in [2.45, 2.75) is 19.8 Å². The first-order chi connectivity index (χ1) is 16.0. The Morgan fingerprint density at radius 3 is 1.36 bits per heavy atom. The van der Waals surface area contributed by atoms with Crippen molar-refractivity contribution in [1.29, 1.82) is 0 Å². The summed E-state index contributed by atoms with van der Waals surface area (Å²) < 4.78 is 0. The molecule has 0 atom stereocenters. The van der Waals surface area contributed by atoms with Crippen LogP contribution in [0, 0.1) is 13.8 Å². The standard InChI is InChI=1S/C25H16N4O4/c1-16-8-19(23(28-14-32)10-21(16)26-12-30)25(18-6-4-3-5-7-18)20-9-17(2)22(27-13-31)11-24(20)29-15-33/h3-11,25H,1-2H3. The third-order valence-corrected chi connectivity index (χ3v) is 5.11. The van der Waals surface area contributed by atoms with Crippen LogP contribution in [0.1, 0.15) is 33.7 Å². The molecule has 8 heteroatoms. The van der Waals surface area contributed by atoms with Crippen molar-refractivity contribution >= 4 is 47.1 Å². The molecule has 0 aromatic heterocycles. The Morgan fingerprint density at radius 2 is 0.970 bits per heavy atom. The molecule has 3 aromatic carbocycles. The number of hydrogen-bond acceptors (Lipinski definition) is 8. The van der Waals surface area contributed by atoms with Crippen LogP contribution >= 0.6 is 0 Å². The largest absolute Gasteiger partial charge is 0.240 e. The first-order valence-corrected chi connectivity index (χ1v) is 9.69. The van der Waals surface area contributed by atoms with Gasteiger partial charge in [0.25, 0.3) is 0 Å². The van der Waals surface area contributed by atoms with Gasteiger partial charge >= 0.3 is 0 Å². The van der Waals surface area contributed by atoms with Gasteiger partial charge in [-0.1, -0.05) is 42.5 Å². The van der Waals surface area contributed by atoms with Crippen molar-refractivity contribution in [2.24, 2.45) is 20.0 Å². The molecule has 0 amide bonds. The number of isocyanates is 4. The van der Waals surface area contributed by atoms with Crippen LogP contribution < -0.4 is 0 Å². The average Bonchev–Trinajstić information content (AvgIpc) is 2.81. The lowest BCUT2D eigenvalue weighted by Gasteiger charge is -2.23. The Hall–Kier alpha value is -4.82. The molecule has 0 fully saturated rings. The number of carbonyl (C=O) groups excluding carboxylic acids is 4. The SMILES string of the molecule is Cc1cc(C(c2ccccc2)c2cc(C)c(N=C=O)cc2N=C=O)c(N=C=O)cc1N=C=O. The minimum atomic E-state index is -0.536. The van der Waals surface area contributed by atoms with Crippen LogP contribution in [-0.4, -0.2) is 24.3 Å². The Morgan fingerprint density at radius 1 is 0.576 bits per heavy atom. The van der Waals surface area contributed by atoms with Crippen molar-refractivity contribution in [3.8, 4) is 0 Å². The molecule has 0 spiro atoms. The van der Waals surface area contributed by atoms with Gasteiger partial charge in [0.15, 0.2) is 0 Å². The number of benzene rings is 3. The average molecular weight is 436 g/mol. The van der Waals surface area contributed by atoms with E-state index in [1.54, 1.807) is 26.0 Å². The minimum absolute atomic E-state index is 0.243. The van der Waals surface area contributed by atoms with Crippen LogP contribution in [0.15, 0.2) is 74.6 Å². The smallest absolute Gasteiger partial charge is 0.211 e. The fraction of sp³-hybridized carbons (Fsp3) is 0.120. The van der Waals surface area contributed by atoms with Crippen LogP contribution in [0.4, 0.5) is 22.7 Å². The molecule has 0 N–H and O–H groups in total. The van der Waals surface area contributed by atoms with Crippen molar-refractivity contribution < 1.29 is 19.2 Å². The Labute approximate surface area is 188 Å². The van der Waals surface area contributed by atoms with Crippen molar-refractivity contribution in [3.63, 3.8) is 0 Å². The van der Waals surface area contributed by atoms with E-state index in [2.05, 4.69) is 20.0 Å². The molecular weight excluding hydrogens is 420 g/mol. The van der Waals surface area contributed by atoms with Crippen molar-refractivity contribution in [3.05, 3.63) is 82.4 Å². The van der Waals surface area contributed by atoms with Gasteiger partial charge in [0, 0.05) is 5.92 Å². The summed E-state index contributed by atoms with van der Waals surface area (Å²) in [5.41, 5.74) is 4.43. The molecule has 0 aliphatic carbocycles. The first kappa shape index (κ1) is 22.9. The highest BCUT2D eigenvalue weighted by atomic mass is 16.1. The summed E-state index contributed by atoms with van der Waals surface area (Å²) in [7, 11) is 0. The highest BCUT2D eigenvalue weighted by Gasteiger charge is 2.25. The van der Waals surface area contributed by atoms with Crippen molar-refractivity contribution in [2.75, 3.05) is 0 Å². The van der Waals surface area contributed by atoms with Gasteiger partial charge in [-0.05, 0) is 53.8 Å². The Balaban J connectivity index is 2.44. The second kappa shape index (κ2) is 10.5. The van der Waals surface area contributed by atoms with E-state index < -0.39 is 5.92 Å². The first-order valence-electron chi connectivity index (χ1n) is 9.69. The van der Waals surface area contributed by atoms with E-state index in [0.717, 1.165) is 5.56 Å². The summed E-state index contributed by atoms with van der Waals surface area (Å²) in [5.74, 6) is -0.536. The minimum Gasteiger partial charge on any atom is -0.211 e. The van der Waals surface area contributed by atoms with E-state index in [1.165, 1.54) is 36.5 Å². The molecule has 0 bridgehead atoms. The lowest BCUT2D eigenvalue weighted by molar-refractivity contribution is 0.564. The summed E-state index contributed by atoms with van der Waals surface area (Å²) in [6.07, 6.45) is 6.06. The summed E-state index contributed by atoms with van der Waals surface area (Å²) in [6.45, 7) is 3.52. The molecule has 0 saturated carbocycles. The third kappa shape index (κ3) is 4.92. The highest BCUT2D eigenvalue weighted by molar-refractivity contribution is 5.72. The van der Waals surface area contributed by atoms with Gasteiger partial charge in [0.05, 0.1) is 22.7 Å². The summed E-state index contributed by atoms with van der Waals surface area (Å²) in [5, 5.41) is 0. The molecule has 3 aromatic rings. The zero-order valence-corrected chi connectivity index (χ0v) is 17.7. The summed E-state index contributed by atoms with van der Waals surface area (Å²) in [4.78, 5) is 59.0. The van der Waals surface area contributed by atoms with Crippen LogP contribution in [-0.2, 0) is 19.2 Å². The zero-order valence-electron chi connectivity index (χ0n) is 17.7. The predicted molar refractivity (Wildman–Crippen MR) is 121 cm³/mol. The van der Waals surface area contributed by atoms with Gasteiger partial charge < -0.3 is 0 Å². The maximum absolute atomic E-state index is 11.2. The Bertz CT molecular complexity index is 1320. The van der Waals surface area contributed by atoms with Gasteiger partial charge in [0.1, 0.15) is 0 Å². The number of hydrogen-bond donors (Lipinski definition) is 0. The second-order valence-electron chi connectivity index (χ2n) is 7.05. The van der Waals surface area contributed by atoms with Crippen LogP contribution in [0.25, 0.3) is 0 Å². The zero-order chi connectivity index (χ0) is 23.8. The molecule has 160 valence electrons. The van der Waals surface area contributed by atoms with E-state index >= 15 is 0 Å². The Kier molecular flexibility index (Phi) is 7.25. The quantitative estimate of drug-likeness (QED) is 0.282. The fourth-order valence-corrected chi connectivity index (χ4v) is 3.68. The molecule has 0 saturated heterocycles. The number of rotatable bonds is 7. The predicted octanol–water partition coefficient (Wildman–Crippen LogP) is 5.35. The van der Waals surface area contributed by atoms with E-state index in [-0.39, 0.29) is 11.4 Å². The van der Waals surface area contributed by atoms with E-state index in [4.69, 9.17) is 0 Å². The highest BCUT2D eigenvalue weighted by Crippen LogP contribution is 2.44. The molecule has 8 nitrogen and oxygen atoms in total. The monoisotopic (exact) mass is 436 g/mol. The van der Waals surface area contributed by atoms with Crippen LogP contribution in [0.2, 0.25) is 0 Å². The van der Waals surface area contributed by atoms with Gasteiger partial charge in [-0.15, -0.1) is 0 Å². The van der Waals surface area contributed by atoms with E-state index in [9.17, 15) is 19.2 Å². The lowest BCUT2D eigenvalue weighted by atomic mass is 9.82. The van der Waals surface area contributed by atoms with E-state index in [1.807, 2.05) is 30.3 Å². The van der Waals surface area contributed by atoms with Gasteiger partial charge in [-0.3, -0.25) is 0 Å². The second-order valence-corrected chi connectivity index (χ2v) is 7.05. The number of aryl methyl sites for hydroxylation is 2. The fourth-order valence-electron chi connectivity index (χ4n) is 3.68. The van der Waals surface area contributed by atoms with E-state index in [0.29, 0.717) is 33.6 Å². The molecule has 3 rings (SSSR count). The number of nitrogens with zero attached hydrogens (tertiary/aromatic N) is 4. The maximum Gasteiger partial charge on any atom is 0.240 e. The molecule has 33 heavy (non-hydrogen) atoms. The molecule has 0 unspecified atom stereocenters. The van der Waals surface area contributed by atoms with Gasteiger partial charge in [0.2, 0.25) is 24.3 Å².